The molecule has 2 heterocycles. The van der Waals surface area contributed by atoms with Crippen LogP contribution in [0.5, 0.6) is 0 Å². The summed E-state index contributed by atoms with van der Waals surface area (Å²) >= 11 is 1.67. The summed E-state index contributed by atoms with van der Waals surface area (Å²) in [5.74, 6) is 0.640. The number of hydrogen-bond donors (Lipinski definition) is 1. The van der Waals surface area contributed by atoms with Crippen LogP contribution >= 0.6 is 11.3 Å². The predicted octanol–water partition coefficient (Wildman–Crippen LogP) is 3.62. The zero-order valence-electron chi connectivity index (χ0n) is 14.7. The van der Waals surface area contributed by atoms with E-state index in [0.29, 0.717) is 12.4 Å². The van der Waals surface area contributed by atoms with Gasteiger partial charge in [-0.3, -0.25) is 9.69 Å². The molecule has 0 saturated carbocycles. The van der Waals surface area contributed by atoms with Gasteiger partial charge in [-0.15, -0.1) is 0 Å². The van der Waals surface area contributed by atoms with Gasteiger partial charge in [0.2, 0.25) is 5.91 Å². The molecule has 1 amide bonds. The maximum atomic E-state index is 12.4. The molecule has 0 aliphatic heterocycles. The summed E-state index contributed by atoms with van der Waals surface area (Å²) in [7, 11) is 1.94. The van der Waals surface area contributed by atoms with E-state index < -0.39 is 0 Å². The fourth-order valence-electron chi connectivity index (χ4n) is 2.65. The molecule has 1 N–H and O–H groups in total. The Morgan fingerprint density at radius 3 is 2.68 bits per heavy atom. The first-order valence-corrected chi connectivity index (χ1v) is 9.09. The highest BCUT2D eigenvalue weighted by atomic mass is 32.1. The monoisotopic (exact) mass is 354 g/mol. The number of aryl methyl sites for hydroxylation is 2. The molecule has 130 valence electrons. The van der Waals surface area contributed by atoms with Crippen molar-refractivity contribution in [3.05, 3.63) is 64.0 Å². The molecule has 25 heavy (non-hydrogen) atoms. The average Bonchev–Trinajstić information content (AvgIpc) is 3.17. The third-order valence-corrected chi connectivity index (χ3v) is 4.56. The standard InChI is InChI=1S/C19H22N4OS/c1-14-4-6-17(7-5-14)23-18(10-15(2)21-23)20-19(24)12-22(3)11-16-8-9-25-13-16/h4-10,13H,11-12H2,1-3H3,(H,20,24). The number of benzene rings is 1. The molecule has 0 saturated heterocycles. The second kappa shape index (κ2) is 7.63. The van der Waals surface area contributed by atoms with E-state index >= 15 is 0 Å². The SMILES string of the molecule is Cc1ccc(-n2nc(C)cc2NC(=O)CN(C)Cc2ccsc2)cc1. The molecule has 3 rings (SSSR count). The van der Waals surface area contributed by atoms with Crippen LogP contribution in [0.1, 0.15) is 16.8 Å². The lowest BCUT2D eigenvalue weighted by Crippen LogP contribution is -2.30. The summed E-state index contributed by atoms with van der Waals surface area (Å²) in [6.07, 6.45) is 0. The fourth-order valence-corrected chi connectivity index (χ4v) is 3.31. The van der Waals surface area contributed by atoms with E-state index in [9.17, 15) is 4.79 Å². The van der Waals surface area contributed by atoms with Crippen molar-refractivity contribution in [2.75, 3.05) is 18.9 Å². The van der Waals surface area contributed by atoms with E-state index in [4.69, 9.17) is 0 Å². The molecule has 3 aromatic rings. The first-order valence-electron chi connectivity index (χ1n) is 8.14. The minimum absolute atomic E-state index is 0.0500. The Morgan fingerprint density at radius 2 is 2.00 bits per heavy atom. The lowest BCUT2D eigenvalue weighted by atomic mass is 10.2. The number of nitrogens with zero attached hydrogens (tertiary/aromatic N) is 3. The highest BCUT2D eigenvalue weighted by Crippen LogP contribution is 2.18. The van der Waals surface area contributed by atoms with Crippen molar-refractivity contribution < 1.29 is 4.79 Å². The minimum Gasteiger partial charge on any atom is -0.309 e. The summed E-state index contributed by atoms with van der Waals surface area (Å²) < 4.78 is 1.77. The molecule has 0 radical (unpaired) electrons. The van der Waals surface area contributed by atoms with E-state index in [2.05, 4.69) is 21.9 Å². The summed E-state index contributed by atoms with van der Waals surface area (Å²) in [6.45, 7) is 5.05. The fraction of sp³-hybridized carbons (Fsp3) is 0.263. The van der Waals surface area contributed by atoms with E-state index in [-0.39, 0.29) is 5.91 Å². The zero-order valence-corrected chi connectivity index (χ0v) is 15.5. The molecular formula is C19H22N4OS. The molecule has 0 unspecified atom stereocenters. The lowest BCUT2D eigenvalue weighted by Gasteiger charge is -2.16. The van der Waals surface area contributed by atoms with E-state index in [1.165, 1.54) is 11.1 Å². The number of amides is 1. The normalized spacial score (nSPS) is 11.0. The second-order valence-electron chi connectivity index (χ2n) is 6.27. The smallest absolute Gasteiger partial charge is 0.239 e. The number of rotatable bonds is 6. The summed E-state index contributed by atoms with van der Waals surface area (Å²) in [4.78, 5) is 14.4. The van der Waals surface area contributed by atoms with Crippen LogP contribution in [0.25, 0.3) is 5.69 Å². The van der Waals surface area contributed by atoms with Crippen LogP contribution < -0.4 is 5.32 Å². The van der Waals surface area contributed by atoms with E-state index in [0.717, 1.165) is 17.9 Å². The van der Waals surface area contributed by atoms with Gasteiger partial charge in [0.1, 0.15) is 5.82 Å². The molecule has 2 aromatic heterocycles. The second-order valence-corrected chi connectivity index (χ2v) is 7.05. The van der Waals surface area contributed by atoms with Crippen LogP contribution in [-0.4, -0.2) is 34.2 Å². The number of thiophene rings is 1. The topological polar surface area (TPSA) is 50.2 Å². The van der Waals surface area contributed by atoms with Gasteiger partial charge in [0.05, 0.1) is 17.9 Å². The molecule has 0 spiro atoms. The number of hydrogen-bond acceptors (Lipinski definition) is 4. The van der Waals surface area contributed by atoms with Gasteiger partial charge in [-0.2, -0.15) is 16.4 Å². The Kier molecular flexibility index (Phi) is 5.31. The van der Waals surface area contributed by atoms with Gasteiger partial charge in [0.25, 0.3) is 0 Å². The number of nitrogens with one attached hydrogen (secondary N) is 1. The molecule has 6 heteroatoms. The van der Waals surface area contributed by atoms with Crippen molar-refractivity contribution in [1.29, 1.82) is 0 Å². The Morgan fingerprint density at radius 1 is 1.24 bits per heavy atom. The first-order chi connectivity index (χ1) is 12.0. The van der Waals surface area contributed by atoms with E-state index in [1.54, 1.807) is 16.0 Å². The Labute approximate surface area is 151 Å². The average molecular weight is 354 g/mol. The highest BCUT2D eigenvalue weighted by Gasteiger charge is 2.13. The highest BCUT2D eigenvalue weighted by molar-refractivity contribution is 7.07. The zero-order chi connectivity index (χ0) is 17.8. The van der Waals surface area contributed by atoms with Gasteiger partial charge in [0.15, 0.2) is 0 Å². The van der Waals surface area contributed by atoms with Crippen molar-refractivity contribution in [3.8, 4) is 5.69 Å². The van der Waals surface area contributed by atoms with Crippen LogP contribution in [0, 0.1) is 13.8 Å². The molecule has 0 bridgehead atoms. The number of likely N-dealkylation sites (N-methyl/N-ethyl adjacent to an activating group) is 1. The van der Waals surface area contributed by atoms with Crippen LogP contribution in [-0.2, 0) is 11.3 Å². The van der Waals surface area contributed by atoms with Crippen molar-refractivity contribution in [1.82, 2.24) is 14.7 Å². The van der Waals surface area contributed by atoms with Crippen LogP contribution in [0.15, 0.2) is 47.2 Å². The third kappa shape index (κ3) is 4.55. The van der Waals surface area contributed by atoms with Crippen LogP contribution in [0.3, 0.4) is 0 Å². The van der Waals surface area contributed by atoms with Crippen molar-refractivity contribution in [2.24, 2.45) is 0 Å². The predicted molar refractivity (Wildman–Crippen MR) is 102 cm³/mol. The summed E-state index contributed by atoms with van der Waals surface area (Å²) in [5.41, 5.74) is 4.21. The molecule has 0 atom stereocenters. The number of anilines is 1. The maximum Gasteiger partial charge on any atom is 0.239 e. The van der Waals surface area contributed by atoms with E-state index in [1.807, 2.05) is 61.5 Å². The molecule has 5 nitrogen and oxygen atoms in total. The van der Waals surface area contributed by atoms with Crippen molar-refractivity contribution in [3.63, 3.8) is 0 Å². The number of aromatic nitrogens is 2. The Balaban J connectivity index is 1.68. The summed E-state index contributed by atoms with van der Waals surface area (Å²) in [5, 5.41) is 11.6. The molecule has 1 aromatic carbocycles. The third-order valence-electron chi connectivity index (χ3n) is 3.82. The number of carbonyl (C=O) groups excluding carboxylic acids is 1. The first kappa shape index (κ1) is 17.4. The van der Waals surface area contributed by atoms with Crippen molar-refractivity contribution in [2.45, 2.75) is 20.4 Å². The maximum absolute atomic E-state index is 12.4. The number of carbonyl (C=O) groups is 1. The van der Waals surface area contributed by atoms with Gasteiger partial charge in [0, 0.05) is 12.6 Å². The van der Waals surface area contributed by atoms with Gasteiger partial charge >= 0.3 is 0 Å². The summed E-state index contributed by atoms with van der Waals surface area (Å²) in [6, 6.07) is 12.0. The molecule has 0 fully saturated rings. The molecule has 0 aliphatic carbocycles. The van der Waals surface area contributed by atoms with Gasteiger partial charge < -0.3 is 5.32 Å². The van der Waals surface area contributed by atoms with Crippen LogP contribution in [0.2, 0.25) is 0 Å². The quantitative estimate of drug-likeness (QED) is 0.735. The van der Waals surface area contributed by atoms with Gasteiger partial charge in [-0.05, 0) is 55.4 Å². The van der Waals surface area contributed by atoms with Crippen molar-refractivity contribution >= 4 is 23.1 Å². The minimum atomic E-state index is -0.0500. The lowest BCUT2D eigenvalue weighted by molar-refractivity contribution is -0.117. The Hall–Kier alpha value is -2.44. The van der Waals surface area contributed by atoms with Crippen LogP contribution in [0.4, 0.5) is 5.82 Å². The Bertz CT molecular complexity index is 837. The largest absolute Gasteiger partial charge is 0.309 e. The van der Waals surface area contributed by atoms with Gasteiger partial charge in [-0.25, -0.2) is 4.68 Å². The molecular weight excluding hydrogens is 332 g/mol. The van der Waals surface area contributed by atoms with Gasteiger partial charge in [-0.1, -0.05) is 17.7 Å². The molecule has 0 aliphatic rings.